The van der Waals surface area contributed by atoms with Gasteiger partial charge in [-0.1, -0.05) is 96.8 Å². The zero-order valence-corrected chi connectivity index (χ0v) is 22.4. The van der Waals surface area contributed by atoms with Crippen LogP contribution in [0.15, 0.2) is 11.5 Å². The standard InChI is InChI=1S/C24H42O8.Na/c1-2-3-4-5-6-7-8-9-10-11-12-13-14-15-16-17-18(25)31-24(30)21(28)22-19(26)20(27)23(29)32-22;/h21-22,24,26-28,30H,2-17H2,1H3;/q;+1/p-1/t21-,22+,24?;/m1./s1. The molecule has 0 spiro atoms. The maximum atomic E-state index is 11.8. The summed E-state index contributed by atoms with van der Waals surface area (Å²) in [5.41, 5.74) is 0. The van der Waals surface area contributed by atoms with Gasteiger partial charge in [0, 0.05) is 6.42 Å². The Balaban J connectivity index is 0.0000102. The topological polar surface area (TPSA) is 136 Å². The van der Waals surface area contributed by atoms with Gasteiger partial charge < -0.3 is 29.9 Å². The zero-order valence-electron chi connectivity index (χ0n) is 20.4. The van der Waals surface area contributed by atoms with Crippen molar-refractivity contribution in [1.29, 1.82) is 0 Å². The number of rotatable bonds is 19. The van der Waals surface area contributed by atoms with Crippen molar-refractivity contribution in [3.05, 3.63) is 11.5 Å². The first-order valence-electron chi connectivity index (χ1n) is 12.2. The fraction of sp³-hybridized carbons (Fsp3) is 0.833. The molecule has 1 aliphatic heterocycles. The first kappa shape index (κ1) is 32.2. The van der Waals surface area contributed by atoms with E-state index < -0.39 is 42.0 Å². The molecular formula is C24H41NaO8. The third-order valence-electron chi connectivity index (χ3n) is 5.76. The minimum Gasteiger partial charge on any atom is -0.870 e. The summed E-state index contributed by atoms with van der Waals surface area (Å²) in [5, 5.41) is 40.2. The van der Waals surface area contributed by atoms with Gasteiger partial charge in [-0.2, -0.15) is 0 Å². The van der Waals surface area contributed by atoms with Crippen LogP contribution in [0.5, 0.6) is 0 Å². The molecule has 3 atom stereocenters. The first-order chi connectivity index (χ1) is 15.4. The van der Waals surface area contributed by atoms with Crippen LogP contribution in [-0.2, 0) is 19.1 Å². The third-order valence-corrected chi connectivity index (χ3v) is 5.76. The predicted octanol–water partition coefficient (Wildman–Crippen LogP) is 0.530. The van der Waals surface area contributed by atoms with Gasteiger partial charge in [0.1, 0.15) is 6.10 Å². The number of cyclic esters (lactones) is 1. The summed E-state index contributed by atoms with van der Waals surface area (Å²) in [6.45, 7) is 2.24. The first-order valence-corrected chi connectivity index (χ1v) is 12.2. The molecule has 0 aliphatic carbocycles. The molecule has 3 N–H and O–H groups in total. The maximum absolute atomic E-state index is 11.8. The molecule has 33 heavy (non-hydrogen) atoms. The van der Waals surface area contributed by atoms with Crippen LogP contribution in [0.4, 0.5) is 0 Å². The molecule has 8 nitrogen and oxygen atoms in total. The van der Waals surface area contributed by atoms with E-state index >= 15 is 0 Å². The number of ether oxygens (including phenoxy) is 2. The van der Waals surface area contributed by atoms with Gasteiger partial charge in [-0.05, 0) is 12.2 Å². The molecule has 1 heterocycles. The third kappa shape index (κ3) is 13.6. The van der Waals surface area contributed by atoms with Gasteiger partial charge in [-0.15, -0.1) is 0 Å². The summed E-state index contributed by atoms with van der Waals surface area (Å²) in [6, 6.07) is 0. The van der Waals surface area contributed by atoms with Crippen LogP contribution in [0, 0.1) is 0 Å². The summed E-state index contributed by atoms with van der Waals surface area (Å²) < 4.78 is 9.16. The smallest absolute Gasteiger partial charge is 0.870 e. The molecule has 0 amide bonds. The number of aliphatic hydroxyl groups excluding tert-OH is 3. The quantitative estimate of drug-likeness (QED) is 0.105. The molecule has 9 heteroatoms. The predicted molar refractivity (Wildman–Crippen MR) is 117 cm³/mol. The van der Waals surface area contributed by atoms with Crippen LogP contribution in [0.2, 0.25) is 0 Å². The van der Waals surface area contributed by atoms with Gasteiger partial charge in [0.15, 0.2) is 11.9 Å². The van der Waals surface area contributed by atoms with Crippen molar-refractivity contribution in [2.45, 2.75) is 128 Å². The van der Waals surface area contributed by atoms with E-state index in [0.717, 1.165) is 19.3 Å². The summed E-state index contributed by atoms with van der Waals surface area (Å²) in [4.78, 5) is 22.9. The summed E-state index contributed by atoms with van der Waals surface area (Å²) in [7, 11) is 0. The number of esters is 2. The molecule has 1 aliphatic rings. The van der Waals surface area contributed by atoms with E-state index in [2.05, 4.69) is 11.7 Å². The maximum Gasteiger partial charge on any atom is 1.00 e. The van der Waals surface area contributed by atoms with Crippen LogP contribution in [0.25, 0.3) is 0 Å². The second-order valence-electron chi connectivity index (χ2n) is 8.61. The number of hydrogen-bond acceptors (Lipinski definition) is 8. The van der Waals surface area contributed by atoms with E-state index in [1.54, 1.807) is 0 Å². The van der Waals surface area contributed by atoms with Crippen LogP contribution < -0.4 is 34.7 Å². The largest absolute Gasteiger partial charge is 1.00 e. The van der Waals surface area contributed by atoms with Gasteiger partial charge in [0.2, 0.25) is 6.29 Å². The minimum atomic E-state index is -2.02. The number of unbranched alkanes of at least 4 members (excludes halogenated alkanes) is 14. The van der Waals surface area contributed by atoms with Gasteiger partial charge in [-0.25, -0.2) is 4.79 Å². The van der Waals surface area contributed by atoms with Gasteiger partial charge in [0.25, 0.3) is 0 Å². The number of carbonyl (C=O) groups is 2. The molecule has 0 aromatic heterocycles. The molecule has 0 radical (unpaired) electrons. The average Bonchev–Trinajstić information content (AvgIpc) is 3.03. The van der Waals surface area contributed by atoms with Gasteiger partial charge >= 0.3 is 41.5 Å². The van der Waals surface area contributed by atoms with Gasteiger partial charge in [-0.3, -0.25) is 4.79 Å². The Bertz CT molecular complexity index is 581. The number of hydrogen-bond donors (Lipinski definition) is 3. The second-order valence-corrected chi connectivity index (χ2v) is 8.61. The van der Waals surface area contributed by atoms with Crippen molar-refractivity contribution in [3.8, 4) is 0 Å². The van der Waals surface area contributed by atoms with Crippen LogP contribution in [0.3, 0.4) is 0 Å². The number of carbonyl (C=O) groups excluding carboxylic acids is 2. The van der Waals surface area contributed by atoms with E-state index in [0.29, 0.717) is 6.42 Å². The molecule has 0 aromatic carbocycles. The van der Waals surface area contributed by atoms with E-state index in [-0.39, 0.29) is 36.0 Å². The van der Waals surface area contributed by atoms with Crippen molar-refractivity contribution in [3.63, 3.8) is 0 Å². The molecule has 1 unspecified atom stereocenters. The molecule has 0 bridgehead atoms. The van der Waals surface area contributed by atoms with Crippen LogP contribution >= 0.6 is 0 Å². The van der Waals surface area contributed by atoms with E-state index in [4.69, 9.17) is 9.84 Å². The summed E-state index contributed by atoms with van der Waals surface area (Å²) >= 11 is 0. The SMILES string of the molecule is CCCCCCCCCCCCCCCCCC(=O)OC(O)[C@H](O)[C@H]1OC(=O)C(O)=C1[O-].[Na+]. The van der Waals surface area contributed by atoms with Crippen molar-refractivity contribution >= 4 is 11.9 Å². The molecule has 0 saturated carbocycles. The Kier molecular flexibility index (Phi) is 19.0. The van der Waals surface area contributed by atoms with Crippen molar-refractivity contribution in [1.82, 2.24) is 0 Å². The Labute approximate surface area is 220 Å². The monoisotopic (exact) mass is 480 g/mol. The fourth-order valence-electron chi connectivity index (χ4n) is 3.74. The van der Waals surface area contributed by atoms with Crippen LogP contribution in [-0.4, -0.2) is 45.8 Å². The molecule has 0 fully saturated rings. The minimum absolute atomic E-state index is 0. The molecule has 1 rings (SSSR count). The zero-order chi connectivity index (χ0) is 23.8. The Morgan fingerprint density at radius 3 is 1.73 bits per heavy atom. The van der Waals surface area contributed by atoms with Crippen molar-refractivity contribution in [2.75, 3.05) is 0 Å². The summed E-state index contributed by atoms with van der Waals surface area (Å²) in [6.07, 6.45) is 12.5. The Hall–Kier alpha value is -0.800. The van der Waals surface area contributed by atoms with E-state index in [1.165, 1.54) is 70.6 Å². The van der Waals surface area contributed by atoms with E-state index in [1.807, 2.05) is 0 Å². The fourth-order valence-corrected chi connectivity index (χ4v) is 3.74. The van der Waals surface area contributed by atoms with Crippen molar-refractivity contribution < 1.29 is 69.0 Å². The molecule has 0 aromatic rings. The normalized spacial score (nSPS) is 17.4. The van der Waals surface area contributed by atoms with Gasteiger partial charge in [0.05, 0.1) is 0 Å². The van der Waals surface area contributed by atoms with Crippen LogP contribution in [0.1, 0.15) is 110 Å². The number of aliphatic hydroxyl groups is 3. The Morgan fingerprint density at radius 1 is 0.909 bits per heavy atom. The Morgan fingerprint density at radius 2 is 1.33 bits per heavy atom. The molecule has 0 saturated heterocycles. The molecular weight excluding hydrogens is 439 g/mol. The average molecular weight is 481 g/mol. The van der Waals surface area contributed by atoms with E-state index in [9.17, 15) is 24.9 Å². The van der Waals surface area contributed by atoms with Crippen molar-refractivity contribution in [2.24, 2.45) is 0 Å². The molecule has 186 valence electrons. The second kappa shape index (κ2) is 19.5. The summed E-state index contributed by atoms with van der Waals surface area (Å²) in [5.74, 6) is -4.29.